The first-order chi connectivity index (χ1) is 8.06. The summed E-state index contributed by atoms with van der Waals surface area (Å²) >= 11 is 3.62. The molecule has 1 aliphatic carbocycles. The number of nitrogens with one attached hydrogen (secondary N) is 1. The van der Waals surface area contributed by atoms with Gasteiger partial charge >= 0.3 is 0 Å². The van der Waals surface area contributed by atoms with Gasteiger partial charge in [0, 0.05) is 16.2 Å². The average Bonchev–Trinajstić information content (AvgIpc) is 2.29. The van der Waals surface area contributed by atoms with E-state index in [0.29, 0.717) is 6.04 Å². The summed E-state index contributed by atoms with van der Waals surface area (Å²) in [6.45, 7) is 6.68. The van der Waals surface area contributed by atoms with E-state index in [1.54, 1.807) is 0 Å². The highest BCUT2D eigenvalue weighted by Gasteiger charge is 2.18. The van der Waals surface area contributed by atoms with Gasteiger partial charge in [0.2, 0.25) is 0 Å². The lowest BCUT2D eigenvalue weighted by Gasteiger charge is -2.28. The van der Waals surface area contributed by atoms with Gasteiger partial charge in [0.05, 0.1) is 0 Å². The first kappa shape index (κ1) is 12.9. The van der Waals surface area contributed by atoms with Crippen molar-refractivity contribution in [3.05, 3.63) is 27.7 Å². The second-order valence-electron chi connectivity index (χ2n) is 5.53. The van der Waals surface area contributed by atoms with Gasteiger partial charge in [-0.25, -0.2) is 0 Å². The third-order valence-electron chi connectivity index (χ3n) is 3.82. The third-order valence-corrected chi connectivity index (χ3v) is 5.07. The number of hydrogen-bond donors (Lipinski definition) is 1. The highest BCUT2D eigenvalue weighted by molar-refractivity contribution is 9.10. The van der Waals surface area contributed by atoms with Crippen LogP contribution >= 0.6 is 15.9 Å². The molecule has 0 unspecified atom stereocenters. The van der Waals surface area contributed by atoms with Crippen LogP contribution in [0.4, 0.5) is 5.69 Å². The Morgan fingerprint density at radius 2 is 1.59 bits per heavy atom. The zero-order valence-corrected chi connectivity index (χ0v) is 12.6. The molecule has 1 saturated carbocycles. The summed E-state index contributed by atoms with van der Waals surface area (Å²) in [5.41, 5.74) is 3.91. The molecule has 1 aliphatic rings. The van der Waals surface area contributed by atoms with Crippen LogP contribution in [0.3, 0.4) is 0 Å². The Morgan fingerprint density at radius 1 is 1.06 bits per heavy atom. The second-order valence-corrected chi connectivity index (χ2v) is 6.32. The molecule has 1 N–H and O–H groups in total. The Bertz CT molecular complexity index is 369. The monoisotopic (exact) mass is 295 g/mol. The van der Waals surface area contributed by atoms with Crippen molar-refractivity contribution >= 4 is 21.6 Å². The van der Waals surface area contributed by atoms with E-state index in [9.17, 15) is 0 Å². The Hall–Kier alpha value is -0.500. The maximum atomic E-state index is 3.69. The first-order valence-corrected chi connectivity index (χ1v) is 7.39. The van der Waals surface area contributed by atoms with E-state index >= 15 is 0 Å². The van der Waals surface area contributed by atoms with Crippen LogP contribution in [0.1, 0.15) is 43.7 Å². The molecule has 0 aromatic heterocycles. The van der Waals surface area contributed by atoms with Crippen molar-refractivity contribution in [1.82, 2.24) is 0 Å². The second kappa shape index (κ2) is 5.43. The predicted molar refractivity (Wildman–Crippen MR) is 78.7 cm³/mol. The number of aryl methyl sites for hydroxylation is 2. The molecule has 1 nitrogen and oxygen atoms in total. The van der Waals surface area contributed by atoms with Crippen LogP contribution < -0.4 is 5.32 Å². The molecule has 1 aromatic rings. The molecule has 0 radical (unpaired) electrons. The van der Waals surface area contributed by atoms with Crippen molar-refractivity contribution in [2.75, 3.05) is 5.32 Å². The van der Waals surface area contributed by atoms with E-state index in [2.05, 4.69) is 54.2 Å². The van der Waals surface area contributed by atoms with E-state index < -0.39 is 0 Å². The molecule has 2 rings (SSSR count). The summed E-state index contributed by atoms with van der Waals surface area (Å²) in [6, 6.07) is 5.16. The summed E-state index contributed by atoms with van der Waals surface area (Å²) in [5, 5.41) is 3.69. The van der Waals surface area contributed by atoms with Crippen LogP contribution in [-0.4, -0.2) is 6.04 Å². The van der Waals surface area contributed by atoms with Crippen molar-refractivity contribution in [3.8, 4) is 0 Å². The highest BCUT2D eigenvalue weighted by atomic mass is 79.9. The Kier molecular flexibility index (Phi) is 4.13. The lowest BCUT2D eigenvalue weighted by Crippen LogP contribution is -2.25. The standard InChI is InChI=1S/C15H22BrN/c1-10-4-6-13(7-5-10)17-14-8-11(2)15(16)12(3)9-14/h8-10,13,17H,4-7H2,1-3H3. The quantitative estimate of drug-likeness (QED) is 0.804. The van der Waals surface area contributed by atoms with Crippen LogP contribution in [0.2, 0.25) is 0 Å². The van der Waals surface area contributed by atoms with E-state index in [-0.39, 0.29) is 0 Å². The number of anilines is 1. The SMILES string of the molecule is Cc1cc(NC2CCC(C)CC2)cc(C)c1Br. The zero-order valence-electron chi connectivity index (χ0n) is 11.0. The lowest BCUT2D eigenvalue weighted by molar-refractivity contribution is 0.361. The molecule has 0 atom stereocenters. The van der Waals surface area contributed by atoms with Crippen LogP contribution in [0.5, 0.6) is 0 Å². The molecule has 1 fully saturated rings. The van der Waals surface area contributed by atoms with Crippen LogP contribution in [0.25, 0.3) is 0 Å². The summed E-state index contributed by atoms with van der Waals surface area (Å²) in [5.74, 6) is 0.918. The van der Waals surface area contributed by atoms with Gasteiger partial charge in [-0.05, 0) is 68.7 Å². The molecule has 2 heteroatoms. The third kappa shape index (κ3) is 3.25. The van der Waals surface area contributed by atoms with Gasteiger partial charge in [-0.15, -0.1) is 0 Å². The van der Waals surface area contributed by atoms with Gasteiger partial charge < -0.3 is 5.32 Å². The largest absolute Gasteiger partial charge is 0.382 e. The normalized spacial score (nSPS) is 24.7. The zero-order chi connectivity index (χ0) is 12.4. The van der Waals surface area contributed by atoms with Gasteiger partial charge in [0.1, 0.15) is 0 Å². The predicted octanol–water partition coefficient (Wildman–Crippen LogP) is 5.06. The molecule has 0 amide bonds. The van der Waals surface area contributed by atoms with Crippen molar-refractivity contribution in [2.24, 2.45) is 5.92 Å². The number of benzene rings is 1. The van der Waals surface area contributed by atoms with Gasteiger partial charge in [0.25, 0.3) is 0 Å². The maximum Gasteiger partial charge on any atom is 0.0348 e. The summed E-state index contributed by atoms with van der Waals surface area (Å²) in [6.07, 6.45) is 5.36. The van der Waals surface area contributed by atoms with E-state index in [4.69, 9.17) is 0 Å². The van der Waals surface area contributed by atoms with Crippen LogP contribution in [0, 0.1) is 19.8 Å². The Labute approximate surface area is 113 Å². The van der Waals surface area contributed by atoms with E-state index in [1.165, 1.54) is 47.0 Å². The fourth-order valence-corrected chi connectivity index (χ4v) is 2.90. The summed E-state index contributed by atoms with van der Waals surface area (Å²) < 4.78 is 1.24. The Morgan fingerprint density at radius 3 is 2.12 bits per heavy atom. The molecule has 0 spiro atoms. The molecule has 1 aromatic carbocycles. The molecule has 0 saturated heterocycles. The minimum atomic E-state index is 0.672. The Balaban J connectivity index is 2.04. The summed E-state index contributed by atoms with van der Waals surface area (Å²) in [7, 11) is 0. The van der Waals surface area contributed by atoms with Crippen LogP contribution in [-0.2, 0) is 0 Å². The van der Waals surface area contributed by atoms with E-state index in [0.717, 1.165) is 5.92 Å². The van der Waals surface area contributed by atoms with Gasteiger partial charge in [-0.3, -0.25) is 0 Å². The number of hydrogen-bond acceptors (Lipinski definition) is 1. The van der Waals surface area contributed by atoms with Crippen molar-refractivity contribution < 1.29 is 0 Å². The van der Waals surface area contributed by atoms with Crippen molar-refractivity contribution in [3.63, 3.8) is 0 Å². The number of rotatable bonds is 2. The number of halogens is 1. The van der Waals surface area contributed by atoms with Gasteiger partial charge in [0.15, 0.2) is 0 Å². The molecule has 17 heavy (non-hydrogen) atoms. The lowest BCUT2D eigenvalue weighted by atomic mass is 9.87. The maximum absolute atomic E-state index is 3.69. The minimum Gasteiger partial charge on any atom is -0.382 e. The molecule has 0 bridgehead atoms. The highest BCUT2D eigenvalue weighted by Crippen LogP contribution is 2.29. The van der Waals surface area contributed by atoms with Gasteiger partial charge in [-0.2, -0.15) is 0 Å². The smallest absolute Gasteiger partial charge is 0.0348 e. The minimum absolute atomic E-state index is 0.672. The van der Waals surface area contributed by atoms with Crippen molar-refractivity contribution in [2.45, 2.75) is 52.5 Å². The summed E-state index contributed by atoms with van der Waals surface area (Å²) in [4.78, 5) is 0. The average molecular weight is 296 g/mol. The molecule has 0 heterocycles. The molecule has 94 valence electrons. The van der Waals surface area contributed by atoms with Crippen molar-refractivity contribution in [1.29, 1.82) is 0 Å². The van der Waals surface area contributed by atoms with Crippen LogP contribution in [0.15, 0.2) is 16.6 Å². The molecule has 0 aliphatic heterocycles. The fraction of sp³-hybridized carbons (Fsp3) is 0.600. The first-order valence-electron chi connectivity index (χ1n) is 6.59. The van der Waals surface area contributed by atoms with E-state index in [1.807, 2.05) is 0 Å². The van der Waals surface area contributed by atoms with Gasteiger partial charge in [-0.1, -0.05) is 22.9 Å². The topological polar surface area (TPSA) is 12.0 Å². The fourth-order valence-electron chi connectivity index (χ4n) is 2.67. The molecular formula is C15H22BrN. The molecular weight excluding hydrogens is 274 g/mol.